The molecule has 70 valence electrons. The van der Waals surface area contributed by atoms with E-state index in [9.17, 15) is 4.79 Å². The Balaban J connectivity index is 2.36. The van der Waals surface area contributed by atoms with Crippen LogP contribution in [0.5, 0.6) is 0 Å². The number of rotatable bonds is 4. The molecule has 0 saturated carbocycles. The minimum absolute atomic E-state index is 0.644. The minimum atomic E-state index is 0.644. The molecular formula is C10H19NO. The Morgan fingerprint density at radius 3 is 3.00 bits per heavy atom. The highest BCUT2D eigenvalue weighted by molar-refractivity contribution is 5.52. The number of likely N-dealkylation sites (tertiary alicyclic amines) is 1. The number of piperidine rings is 1. The summed E-state index contributed by atoms with van der Waals surface area (Å²) in [4.78, 5) is 12.7. The summed E-state index contributed by atoms with van der Waals surface area (Å²) < 4.78 is 0. The van der Waals surface area contributed by atoms with Crippen molar-refractivity contribution >= 4 is 6.29 Å². The van der Waals surface area contributed by atoms with E-state index in [1.54, 1.807) is 0 Å². The van der Waals surface area contributed by atoms with Crippen LogP contribution >= 0.6 is 0 Å². The lowest BCUT2D eigenvalue weighted by molar-refractivity contribution is -0.109. The third kappa shape index (κ3) is 2.59. The molecule has 1 aliphatic rings. The van der Waals surface area contributed by atoms with Gasteiger partial charge in [-0.3, -0.25) is 4.90 Å². The van der Waals surface area contributed by atoms with Gasteiger partial charge in [-0.2, -0.15) is 0 Å². The van der Waals surface area contributed by atoms with Crippen LogP contribution in [0.25, 0.3) is 0 Å². The predicted octanol–water partition coefficient (Wildman–Crippen LogP) is 1.84. The zero-order chi connectivity index (χ0) is 8.81. The lowest BCUT2D eigenvalue weighted by Crippen LogP contribution is -2.40. The lowest BCUT2D eigenvalue weighted by atomic mass is 9.98. The Hall–Kier alpha value is -0.370. The molecule has 0 aromatic rings. The van der Waals surface area contributed by atoms with Gasteiger partial charge in [-0.05, 0) is 25.8 Å². The second-order valence-electron chi connectivity index (χ2n) is 3.60. The molecule has 12 heavy (non-hydrogen) atoms. The van der Waals surface area contributed by atoms with Crippen LogP contribution in [0.1, 0.15) is 39.0 Å². The second kappa shape index (κ2) is 5.31. The van der Waals surface area contributed by atoms with Crippen LogP contribution in [-0.4, -0.2) is 30.3 Å². The Morgan fingerprint density at radius 1 is 1.50 bits per heavy atom. The zero-order valence-electron chi connectivity index (χ0n) is 7.96. The fourth-order valence-corrected chi connectivity index (χ4v) is 2.06. The molecular weight excluding hydrogens is 150 g/mol. The summed E-state index contributed by atoms with van der Waals surface area (Å²) in [6.45, 7) is 3.99. The van der Waals surface area contributed by atoms with E-state index in [0.717, 1.165) is 12.8 Å². The van der Waals surface area contributed by atoms with Crippen molar-refractivity contribution in [2.45, 2.75) is 45.1 Å². The molecule has 0 aliphatic carbocycles. The van der Waals surface area contributed by atoms with Gasteiger partial charge in [-0.1, -0.05) is 19.8 Å². The number of aldehydes is 1. The summed E-state index contributed by atoms with van der Waals surface area (Å²) in [5.74, 6) is 0. The highest BCUT2D eigenvalue weighted by Crippen LogP contribution is 2.19. The molecule has 0 amide bonds. The van der Waals surface area contributed by atoms with Crippen LogP contribution < -0.4 is 0 Å². The number of carbonyl (C=O) groups is 1. The molecule has 0 radical (unpaired) electrons. The molecule has 1 saturated heterocycles. The van der Waals surface area contributed by atoms with Crippen LogP contribution in [0.4, 0.5) is 0 Å². The van der Waals surface area contributed by atoms with Gasteiger partial charge in [-0.15, -0.1) is 0 Å². The molecule has 0 spiro atoms. The first-order chi connectivity index (χ1) is 5.88. The molecule has 0 bridgehead atoms. The van der Waals surface area contributed by atoms with E-state index in [1.165, 1.54) is 32.1 Å². The van der Waals surface area contributed by atoms with Crippen LogP contribution in [0.3, 0.4) is 0 Å². The van der Waals surface area contributed by atoms with Crippen molar-refractivity contribution in [1.29, 1.82) is 0 Å². The van der Waals surface area contributed by atoms with E-state index in [0.29, 0.717) is 12.6 Å². The van der Waals surface area contributed by atoms with E-state index in [4.69, 9.17) is 0 Å². The van der Waals surface area contributed by atoms with Crippen molar-refractivity contribution in [2.75, 3.05) is 13.1 Å². The minimum Gasteiger partial charge on any atom is -0.302 e. The summed E-state index contributed by atoms with van der Waals surface area (Å²) in [5, 5.41) is 0. The standard InChI is InChI=1S/C10H19NO/c1-2-5-10-6-3-4-7-11(10)8-9-12/h9-10H,2-8H2,1H3/t10-/m1/s1. The molecule has 0 N–H and O–H groups in total. The van der Waals surface area contributed by atoms with Gasteiger partial charge in [0.25, 0.3) is 0 Å². The summed E-state index contributed by atoms with van der Waals surface area (Å²) in [6.07, 6.45) is 7.44. The Labute approximate surface area is 74.9 Å². The summed E-state index contributed by atoms with van der Waals surface area (Å²) >= 11 is 0. The number of hydrogen-bond acceptors (Lipinski definition) is 2. The van der Waals surface area contributed by atoms with Gasteiger partial charge in [0.15, 0.2) is 0 Å². The van der Waals surface area contributed by atoms with Crippen molar-refractivity contribution in [2.24, 2.45) is 0 Å². The SMILES string of the molecule is CCC[C@@H]1CCCCN1CC=O. The Morgan fingerprint density at radius 2 is 2.33 bits per heavy atom. The van der Waals surface area contributed by atoms with Crippen LogP contribution in [0.15, 0.2) is 0 Å². The van der Waals surface area contributed by atoms with E-state index < -0.39 is 0 Å². The number of nitrogens with zero attached hydrogens (tertiary/aromatic N) is 1. The van der Waals surface area contributed by atoms with E-state index in [1.807, 2.05) is 0 Å². The van der Waals surface area contributed by atoms with E-state index in [-0.39, 0.29) is 0 Å². The predicted molar refractivity (Wildman–Crippen MR) is 50.2 cm³/mol. The quantitative estimate of drug-likeness (QED) is 0.598. The molecule has 0 aromatic heterocycles. The number of hydrogen-bond donors (Lipinski definition) is 0. The Bertz CT molecular complexity index is 134. The molecule has 0 unspecified atom stereocenters. The maximum absolute atomic E-state index is 10.4. The van der Waals surface area contributed by atoms with Crippen LogP contribution in [0, 0.1) is 0 Å². The first-order valence-electron chi connectivity index (χ1n) is 5.06. The molecule has 1 fully saturated rings. The molecule has 1 aliphatic heterocycles. The molecule has 2 nitrogen and oxygen atoms in total. The lowest BCUT2D eigenvalue weighted by Gasteiger charge is -2.34. The zero-order valence-corrected chi connectivity index (χ0v) is 7.96. The average molecular weight is 169 g/mol. The smallest absolute Gasteiger partial charge is 0.133 e. The van der Waals surface area contributed by atoms with Gasteiger partial charge in [0.05, 0.1) is 6.54 Å². The largest absolute Gasteiger partial charge is 0.302 e. The summed E-state index contributed by atoms with van der Waals surface area (Å²) in [5.41, 5.74) is 0. The second-order valence-corrected chi connectivity index (χ2v) is 3.60. The van der Waals surface area contributed by atoms with Crippen molar-refractivity contribution in [3.8, 4) is 0 Å². The van der Waals surface area contributed by atoms with E-state index in [2.05, 4.69) is 11.8 Å². The normalized spacial score (nSPS) is 25.6. The van der Waals surface area contributed by atoms with Gasteiger partial charge in [0, 0.05) is 6.04 Å². The number of carbonyl (C=O) groups excluding carboxylic acids is 1. The molecule has 2 heteroatoms. The third-order valence-corrected chi connectivity index (χ3v) is 2.68. The van der Waals surface area contributed by atoms with Gasteiger partial charge in [0.1, 0.15) is 6.29 Å². The molecule has 1 atom stereocenters. The maximum Gasteiger partial charge on any atom is 0.133 e. The highest BCUT2D eigenvalue weighted by atomic mass is 16.1. The van der Waals surface area contributed by atoms with Crippen molar-refractivity contribution in [3.63, 3.8) is 0 Å². The van der Waals surface area contributed by atoms with Crippen molar-refractivity contribution in [3.05, 3.63) is 0 Å². The first kappa shape index (κ1) is 9.72. The van der Waals surface area contributed by atoms with Gasteiger partial charge in [-0.25, -0.2) is 0 Å². The van der Waals surface area contributed by atoms with Crippen molar-refractivity contribution in [1.82, 2.24) is 4.90 Å². The summed E-state index contributed by atoms with van der Waals surface area (Å²) in [6, 6.07) is 0.689. The van der Waals surface area contributed by atoms with Crippen molar-refractivity contribution < 1.29 is 4.79 Å². The highest BCUT2D eigenvalue weighted by Gasteiger charge is 2.20. The molecule has 1 heterocycles. The van der Waals surface area contributed by atoms with Gasteiger partial charge < -0.3 is 4.79 Å². The third-order valence-electron chi connectivity index (χ3n) is 2.68. The van der Waals surface area contributed by atoms with Crippen LogP contribution in [-0.2, 0) is 4.79 Å². The Kier molecular flexibility index (Phi) is 4.30. The van der Waals surface area contributed by atoms with Gasteiger partial charge in [0.2, 0.25) is 0 Å². The summed E-state index contributed by atoms with van der Waals surface area (Å²) in [7, 11) is 0. The van der Waals surface area contributed by atoms with E-state index >= 15 is 0 Å². The fraction of sp³-hybridized carbons (Fsp3) is 0.900. The maximum atomic E-state index is 10.4. The fourth-order valence-electron chi connectivity index (χ4n) is 2.06. The molecule has 1 rings (SSSR count). The monoisotopic (exact) mass is 169 g/mol. The first-order valence-corrected chi connectivity index (χ1v) is 5.06. The average Bonchev–Trinajstić information content (AvgIpc) is 2.09. The topological polar surface area (TPSA) is 20.3 Å². The molecule has 0 aromatic carbocycles. The van der Waals surface area contributed by atoms with Gasteiger partial charge >= 0.3 is 0 Å². The van der Waals surface area contributed by atoms with Crippen LogP contribution in [0.2, 0.25) is 0 Å².